The summed E-state index contributed by atoms with van der Waals surface area (Å²) in [4.78, 5) is 15.2. The Kier molecular flexibility index (Phi) is 3.55. The van der Waals surface area contributed by atoms with Crippen molar-refractivity contribution < 1.29 is 0 Å². The molecule has 3 rings (SSSR count). The summed E-state index contributed by atoms with van der Waals surface area (Å²) in [7, 11) is 0. The van der Waals surface area contributed by atoms with Gasteiger partial charge in [-0.15, -0.1) is 0 Å². The summed E-state index contributed by atoms with van der Waals surface area (Å²) < 4.78 is 0. The molecular formula is C15H15N5. The van der Waals surface area contributed by atoms with E-state index in [2.05, 4.69) is 25.9 Å². The largest absolute Gasteiger partial charge is 0.341 e. The zero-order chi connectivity index (χ0) is 13.8. The summed E-state index contributed by atoms with van der Waals surface area (Å²) >= 11 is 0. The van der Waals surface area contributed by atoms with Gasteiger partial charge in [0.2, 0.25) is 5.95 Å². The van der Waals surface area contributed by atoms with Crippen molar-refractivity contribution in [3.8, 4) is 17.5 Å². The molecule has 0 saturated carbocycles. The van der Waals surface area contributed by atoms with Gasteiger partial charge in [0.15, 0.2) is 5.82 Å². The lowest BCUT2D eigenvalue weighted by Gasteiger charge is -2.26. The van der Waals surface area contributed by atoms with Crippen LogP contribution >= 0.6 is 0 Å². The maximum absolute atomic E-state index is 8.96. The molecule has 0 bridgehead atoms. The van der Waals surface area contributed by atoms with E-state index in [9.17, 15) is 0 Å². The van der Waals surface area contributed by atoms with Crippen LogP contribution in [0.15, 0.2) is 30.6 Å². The first-order valence-electron chi connectivity index (χ1n) is 6.81. The molecule has 100 valence electrons. The highest BCUT2D eigenvalue weighted by atomic mass is 15.3. The Balaban J connectivity index is 1.92. The molecule has 5 heteroatoms. The molecule has 2 aromatic rings. The minimum Gasteiger partial charge on any atom is -0.341 e. The molecule has 1 aromatic carbocycles. The van der Waals surface area contributed by atoms with Crippen molar-refractivity contribution in [1.29, 1.82) is 5.26 Å². The minimum absolute atomic E-state index is 0.613. The Hall–Kier alpha value is -2.48. The number of nitrogens with zero attached hydrogens (tertiary/aromatic N) is 5. The first-order valence-corrected chi connectivity index (χ1v) is 6.81. The highest BCUT2D eigenvalue weighted by Crippen LogP contribution is 2.20. The SMILES string of the molecule is N#Cc1cccc(-c2ncnc(N3CCCCC3)n2)c1. The highest BCUT2D eigenvalue weighted by Gasteiger charge is 2.14. The van der Waals surface area contributed by atoms with E-state index in [1.807, 2.05) is 12.1 Å². The first-order chi connectivity index (χ1) is 9.86. The minimum atomic E-state index is 0.613. The van der Waals surface area contributed by atoms with Gasteiger partial charge in [0.05, 0.1) is 11.6 Å². The van der Waals surface area contributed by atoms with E-state index in [0.29, 0.717) is 11.4 Å². The molecule has 0 radical (unpaired) electrons. The van der Waals surface area contributed by atoms with E-state index in [1.165, 1.54) is 19.3 Å². The smallest absolute Gasteiger partial charge is 0.228 e. The van der Waals surface area contributed by atoms with Crippen molar-refractivity contribution >= 4 is 5.95 Å². The van der Waals surface area contributed by atoms with Crippen LogP contribution in [0.3, 0.4) is 0 Å². The van der Waals surface area contributed by atoms with Crippen LogP contribution in [0, 0.1) is 11.3 Å². The van der Waals surface area contributed by atoms with Gasteiger partial charge < -0.3 is 4.90 Å². The summed E-state index contributed by atoms with van der Waals surface area (Å²) in [6.07, 6.45) is 5.19. The second kappa shape index (κ2) is 5.66. The van der Waals surface area contributed by atoms with Crippen molar-refractivity contribution in [2.45, 2.75) is 19.3 Å². The summed E-state index contributed by atoms with van der Waals surface area (Å²) in [6, 6.07) is 9.47. The van der Waals surface area contributed by atoms with E-state index in [1.54, 1.807) is 18.5 Å². The molecule has 0 unspecified atom stereocenters. The fourth-order valence-electron chi connectivity index (χ4n) is 2.40. The number of aromatic nitrogens is 3. The van der Waals surface area contributed by atoms with Crippen molar-refractivity contribution in [2.24, 2.45) is 0 Å². The van der Waals surface area contributed by atoms with Gasteiger partial charge in [-0.25, -0.2) is 9.97 Å². The lowest BCUT2D eigenvalue weighted by Crippen LogP contribution is -2.31. The van der Waals surface area contributed by atoms with E-state index < -0.39 is 0 Å². The van der Waals surface area contributed by atoms with Crippen LogP contribution in [0.25, 0.3) is 11.4 Å². The topological polar surface area (TPSA) is 65.7 Å². The normalized spacial score (nSPS) is 14.8. The number of piperidine rings is 1. The van der Waals surface area contributed by atoms with Crippen LogP contribution in [0.5, 0.6) is 0 Å². The lowest BCUT2D eigenvalue weighted by atomic mass is 10.1. The van der Waals surface area contributed by atoms with Gasteiger partial charge in [-0.3, -0.25) is 0 Å². The Morgan fingerprint density at radius 1 is 1.10 bits per heavy atom. The Morgan fingerprint density at radius 3 is 2.75 bits per heavy atom. The second-order valence-electron chi connectivity index (χ2n) is 4.85. The Labute approximate surface area is 117 Å². The average Bonchev–Trinajstić information content (AvgIpc) is 2.56. The molecule has 2 heterocycles. The molecule has 1 aliphatic rings. The monoisotopic (exact) mass is 265 g/mol. The number of anilines is 1. The fourth-order valence-corrected chi connectivity index (χ4v) is 2.40. The van der Waals surface area contributed by atoms with E-state index in [-0.39, 0.29) is 0 Å². The first kappa shape index (κ1) is 12.5. The van der Waals surface area contributed by atoms with Crippen LogP contribution in [0.2, 0.25) is 0 Å². The van der Waals surface area contributed by atoms with Crippen molar-refractivity contribution in [3.63, 3.8) is 0 Å². The molecule has 5 nitrogen and oxygen atoms in total. The molecule has 0 N–H and O–H groups in total. The third kappa shape index (κ3) is 2.59. The highest BCUT2D eigenvalue weighted by molar-refractivity contribution is 5.58. The summed E-state index contributed by atoms with van der Waals surface area (Å²) in [5.74, 6) is 1.36. The molecule has 1 saturated heterocycles. The van der Waals surface area contributed by atoms with Crippen molar-refractivity contribution in [2.75, 3.05) is 18.0 Å². The number of hydrogen-bond acceptors (Lipinski definition) is 5. The van der Waals surface area contributed by atoms with Crippen LogP contribution in [-0.4, -0.2) is 28.0 Å². The Morgan fingerprint density at radius 2 is 1.95 bits per heavy atom. The van der Waals surface area contributed by atoms with Crippen LogP contribution in [0.4, 0.5) is 5.95 Å². The molecule has 0 spiro atoms. The number of nitriles is 1. The quantitative estimate of drug-likeness (QED) is 0.834. The van der Waals surface area contributed by atoms with Gasteiger partial charge >= 0.3 is 0 Å². The van der Waals surface area contributed by atoms with Gasteiger partial charge in [0, 0.05) is 18.7 Å². The lowest BCUT2D eigenvalue weighted by molar-refractivity contribution is 0.567. The predicted molar refractivity (Wildman–Crippen MR) is 76.0 cm³/mol. The average molecular weight is 265 g/mol. The second-order valence-corrected chi connectivity index (χ2v) is 4.85. The van der Waals surface area contributed by atoms with Crippen LogP contribution < -0.4 is 4.90 Å². The van der Waals surface area contributed by atoms with Gasteiger partial charge in [0.25, 0.3) is 0 Å². The summed E-state index contributed by atoms with van der Waals surface area (Å²) in [6.45, 7) is 2.00. The summed E-state index contributed by atoms with van der Waals surface area (Å²) in [5.41, 5.74) is 1.46. The number of benzene rings is 1. The number of hydrogen-bond donors (Lipinski definition) is 0. The molecule has 1 fully saturated rings. The number of rotatable bonds is 2. The van der Waals surface area contributed by atoms with Gasteiger partial charge in [0.1, 0.15) is 6.33 Å². The van der Waals surface area contributed by atoms with Crippen LogP contribution in [0.1, 0.15) is 24.8 Å². The van der Waals surface area contributed by atoms with E-state index >= 15 is 0 Å². The van der Waals surface area contributed by atoms with E-state index in [0.717, 1.165) is 24.6 Å². The third-order valence-corrected chi connectivity index (χ3v) is 3.45. The van der Waals surface area contributed by atoms with Gasteiger partial charge in [-0.2, -0.15) is 10.2 Å². The molecule has 0 amide bonds. The molecule has 0 atom stereocenters. The van der Waals surface area contributed by atoms with E-state index in [4.69, 9.17) is 5.26 Å². The van der Waals surface area contributed by atoms with Gasteiger partial charge in [-0.1, -0.05) is 12.1 Å². The maximum atomic E-state index is 8.96. The molecule has 20 heavy (non-hydrogen) atoms. The standard InChI is InChI=1S/C15H15N5/c16-10-12-5-4-6-13(9-12)14-17-11-18-15(19-14)20-7-2-1-3-8-20/h4-6,9,11H,1-3,7-8H2. The Bertz CT molecular complexity index is 641. The zero-order valence-electron chi connectivity index (χ0n) is 11.2. The third-order valence-electron chi connectivity index (χ3n) is 3.45. The summed E-state index contributed by atoms with van der Waals surface area (Å²) in [5, 5.41) is 8.96. The van der Waals surface area contributed by atoms with Crippen molar-refractivity contribution in [3.05, 3.63) is 36.2 Å². The molecule has 0 aliphatic carbocycles. The molecule has 1 aliphatic heterocycles. The van der Waals surface area contributed by atoms with Gasteiger partial charge in [-0.05, 0) is 31.4 Å². The maximum Gasteiger partial charge on any atom is 0.228 e. The van der Waals surface area contributed by atoms with Crippen molar-refractivity contribution in [1.82, 2.24) is 15.0 Å². The molecular weight excluding hydrogens is 250 g/mol. The zero-order valence-corrected chi connectivity index (χ0v) is 11.2. The molecule has 1 aromatic heterocycles. The fraction of sp³-hybridized carbons (Fsp3) is 0.333. The van der Waals surface area contributed by atoms with Crippen LogP contribution in [-0.2, 0) is 0 Å². The predicted octanol–water partition coefficient (Wildman–Crippen LogP) is 2.40.